The summed E-state index contributed by atoms with van der Waals surface area (Å²) in [4.78, 5) is 1.01. The van der Waals surface area contributed by atoms with Crippen molar-refractivity contribution in [1.29, 1.82) is 0 Å². The Hall–Kier alpha value is -8.14. The third-order valence-electron chi connectivity index (χ3n) is 10.7. The molecule has 0 radical (unpaired) electrons. The Bertz CT molecular complexity index is 4650. The fourth-order valence-electron chi connectivity index (χ4n) is 8.06. The molecule has 0 spiro atoms. The first-order valence-corrected chi connectivity index (χ1v) is 19.2. The van der Waals surface area contributed by atoms with Crippen LogP contribution in [0, 0.1) is 0 Å². The van der Waals surface area contributed by atoms with Gasteiger partial charge in [0.1, 0.15) is 11.2 Å². The van der Waals surface area contributed by atoms with Crippen LogP contribution < -0.4 is 4.90 Å². The summed E-state index contributed by atoms with van der Waals surface area (Å²) in [7, 11) is 0. The molecule has 10 aromatic carbocycles. The largest absolute Gasteiger partial charge is 0.455 e. The predicted molar refractivity (Wildman–Crippen MR) is 257 cm³/mol. The normalized spacial score (nSPS) is 16.2. The van der Waals surface area contributed by atoms with Gasteiger partial charge in [0.15, 0.2) is 0 Å². The van der Waals surface area contributed by atoms with E-state index in [2.05, 4.69) is 4.57 Å². The average Bonchev–Trinajstić information content (AvgIpc) is 3.00. The van der Waals surface area contributed by atoms with Crippen LogP contribution in [0.3, 0.4) is 0 Å². The molecule has 0 fully saturated rings. The molecule has 3 heteroatoms. The number of fused-ring (bicyclic) bond motifs is 7. The molecule has 0 atom stereocenters. The van der Waals surface area contributed by atoms with Crippen LogP contribution >= 0.6 is 0 Å². The van der Waals surface area contributed by atoms with Gasteiger partial charge in [0, 0.05) is 44.2 Å². The van der Waals surface area contributed by atoms with E-state index in [0.29, 0.717) is 27.6 Å². The van der Waals surface area contributed by atoms with Crippen LogP contribution in [0.25, 0.3) is 93.6 Å². The number of rotatable bonds is 7. The van der Waals surface area contributed by atoms with Gasteiger partial charge in [-0.1, -0.05) is 163 Å². The van der Waals surface area contributed by atoms with Crippen molar-refractivity contribution < 1.29 is 31.8 Å². The van der Waals surface area contributed by atoms with E-state index >= 15 is 0 Å². The van der Waals surface area contributed by atoms with Gasteiger partial charge in [-0.25, -0.2) is 0 Å². The fourth-order valence-corrected chi connectivity index (χ4v) is 8.06. The Labute approximate surface area is 381 Å². The number of hydrogen-bond acceptors (Lipinski definition) is 2. The van der Waals surface area contributed by atoms with Crippen molar-refractivity contribution in [3.8, 4) is 39.1 Å². The van der Waals surface area contributed by atoms with Crippen LogP contribution in [0.2, 0.25) is 0 Å². The zero-order valence-corrected chi connectivity index (χ0v) is 31.7. The predicted octanol–water partition coefficient (Wildman–Crippen LogP) is 16.3. The van der Waals surface area contributed by atoms with Gasteiger partial charge in [0.2, 0.25) is 0 Å². The summed E-state index contributed by atoms with van der Waals surface area (Å²) in [5, 5.41) is 2.13. The Morgan fingerprint density at radius 3 is 1.80 bits per heavy atom. The van der Waals surface area contributed by atoms with Gasteiger partial charge in [0.05, 0.1) is 44.1 Å². The average molecular weight is 799 g/mol. The summed E-state index contributed by atoms with van der Waals surface area (Å²) in [6.45, 7) is 0. The number of benzene rings is 10. The number of nitrogens with zero attached hydrogens (tertiary/aromatic N) is 2. The highest BCUT2D eigenvalue weighted by Gasteiger charge is 2.24. The minimum Gasteiger partial charge on any atom is -0.455 e. The van der Waals surface area contributed by atoms with E-state index in [1.807, 2.05) is 72.8 Å². The Morgan fingerprint density at radius 1 is 0.426 bits per heavy atom. The van der Waals surface area contributed by atoms with E-state index in [9.17, 15) is 11.0 Å². The van der Waals surface area contributed by atoms with Crippen LogP contribution in [0.1, 0.15) is 27.4 Å². The van der Waals surface area contributed by atoms with E-state index in [0.717, 1.165) is 26.7 Å². The maximum absolute atomic E-state index is 9.97. The van der Waals surface area contributed by atoms with Crippen molar-refractivity contribution in [3.05, 3.63) is 230 Å². The van der Waals surface area contributed by atoms with Crippen LogP contribution in [-0.2, 0) is 0 Å². The van der Waals surface area contributed by atoms with Crippen LogP contribution in [0.5, 0.6) is 0 Å². The molecule has 0 saturated heterocycles. The molecule has 0 aliphatic rings. The third kappa shape index (κ3) is 5.82. The molecule has 0 saturated carbocycles. The van der Waals surface area contributed by atoms with Crippen molar-refractivity contribution in [3.63, 3.8) is 0 Å². The molecule has 0 unspecified atom stereocenters. The highest BCUT2D eigenvalue weighted by atomic mass is 16.3. The molecule has 0 N–H and O–H groups in total. The minimum atomic E-state index is -0.930. The number of para-hydroxylation sites is 3. The summed E-state index contributed by atoms with van der Waals surface area (Å²) < 4.78 is 191. The van der Waals surface area contributed by atoms with Crippen LogP contribution in [0.15, 0.2) is 234 Å². The fraction of sp³-hybridized carbons (Fsp3) is 0. The Kier molecular flexibility index (Phi) is 4.74. The maximum Gasteiger partial charge on any atom is 0.145 e. The summed E-state index contributed by atoms with van der Waals surface area (Å²) >= 11 is 0. The minimum absolute atomic E-state index is 0.0846. The summed E-state index contributed by atoms with van der Waals surface area (Å²) in [5.41, 5.74) is -0.450. The molecule has 0 aliphatic heterocycles. The van der Waals surface area contributed by atoms with Gasteiger partial charge in [-0.05, 0) is 105 Å². The molecule has 3 nitrogen and oxygen atoms in total. The molecule has 2 heterocycles. The van der Waals surface area contributed by atoms with E-state index in [1.54, 1.807) is 30.3 Å². The zero-order valence-electron chi connectivity index (χ0n) is 51.7. The lowest BCUT2D eigenvalue weighted by molar-refractivity contribution is 0.670. The van der Waals surface area contributed by atoms with Gasteiger partial charge in [-0.3, -0.25) is 0 Å². The topological polar surface area (TPSA) is 21.3 Å². The zero-order chi connectivity index (χ0) is 57.7. The van der Waals surface area contributed by atoms with Crippen molar-refractivity contribution >= 4 is 71.6 Å². The molecule has 12 rings (SSSR count). The SMILES string of the molecule is [2H]c1c([2H])c([2H])c(-c2c([2H])c([2H])c(N(c3ccc4c(oc5ccccc54)c3-c3cccc(-n4c5ccccc5c5ccccc54)c3)c3c([2H])c([2H])c(-c4c([2H])c([2H])c([2H])c5c([2H])c([2H])c([2H])c([2H])c45)c([2H])c3[2H])c([2H])c2[2H])c([2H])c1[2H]. The summed E-state index contributed by atoms with van der Waals surface area (Å²) in [6, 6.07) is 16.5. The van der Waals surface area contributed by atoms with Gasteiger partial charge >= 0.3 is 0 Å². The third-order valence-corrected chi connectivity index (χ3v) is 10.7. The second-order valence-electron chi connectivity index (χ2n) is 14.1. The molecular weight excluding hydrogens is 741 g/mol. The van der Waals surface area contributed by atoms with Crippen molar-refractivity contribution in [1.82, 2.24) is 4.57 Å². The number of aromatic nitrogens is 1. The quantitative estimate of drug-likeness (QED) is 0.160. The second-order valence-corrected chi connectivity index (χ2v) is 14.1. The lowest BCUT2D eigenvalue weighted by atomic mass is 9.96. The molecule has 12 aromatic rings. The van der Waals surface area contributed by atoms with E-state index in [4.69, 9.17) is 20.9 Å². The Morgan fingerprint density at radius 2 is 1.05 bits per heavy atom. The van der Waals surface area contributed by atoms with Crippen molar-refractivity contribution in [2.24, 2.45) is 0 Å². The van der Waals surface area contributed by atoms with Gasteiger partial charge in [-0.2, -0.15) is 0 Å². The standard InChI is InChI=1S/C58H38N2O/c1-2-14-39(15-3-1)40-28-32-44(33-29-40)59(45-34-30-42(31-35-45)48-24-13-17-41-16-4-5-20-47(41)48)55-37-36-52-51-23-8-11-27-56(51)61-58(52)57(55)43-18-12-19-46(38-43)60-53-25-9-6-21-49(53)50-22-7-10-26-54(50)60/h1-38H/i1D,2D,3D,4D,5D,13D,14D,15D,16D,17D,20D,24D,28D,29D,30D,31D,32D,33D,34D,35D. The summed E-state index contributed by atoms with van der Waals surface area (Å²) in [6.07, 6.45) is 0. The number of furan rings is 1. The van der Waals surface area contributed by atoms with Crippen LogP contribution in [0.4, 0.5) is 17.1 Å². The smallest absolute Gasteiger partial charge is 0.145 e. The Balaban J connectivity index is 1.23. The van der Waals surface area contributed by atoms with Crippen molar-refractivity contribution in [2.75, 3.05) is 4.90 Å². The first-order chi connectivity index (χ1) is 38.6. The van der Waals surface area contributed by atoms with Crippen molar-refractivity contribution in [2.45, 2.75) is 0 Å². The molecule has 286 valence electrons. The molecule has 0 amide bonds. The lowest BCUT2D eigenvalue weighted by Gasteiger charge is -2.28. The lowest BCUT2D eigenvalue weighted by Crippen LogP contribution is -2.11. The van der Waals surface area contributed by atoms with E-state index in [1.165, 1.54) is 6.07 Å². The maximum atomic E-state index is 9.97. The molecule has 0 aliphatic carbocycles. The molecule has 2 aromatic heterocycles. The first kappa shape index (κ1) is 20.2. The summed E-state index contributed by atoms with van der Waals surface area (Å²) in [5.74, 6) is 0. The number of anilines is 3. The molecule has 0 bridgehead atoms. The highest BCUT2D eigenvalue weighted by molar-refractivity contribution is 6.14. The van der Waals surface area contributed by atoms with Gasteiger partial charge < -0.3 is 13.9 Å². The molecule has 61 heavy (non-hydrogen) atoms. The van der Waals surface area contributed by atoms with E-state index in [-0.39, 0.29) is 16.8 Å². The monoisotopic (exact) mass is 798 g/mol. The van der Waals surface area contributed by atoms with E-state index < -0.39 is 165 Å². The highest BCUT2D eigenvalue weighted by Crippen LogP contribution is 2.48. The first-order valence-electron chi connectivity index (χ1n) is 29.2. The second kappa shape index (κ2) is 14.3. The molecular formula is C58H38N2O. The number of hydrogen-bond donors (Lipinski definition) is 0. The van der Waals surface area contributed by atoms with Gasteiger partial charge in [-0.15, -0.1) is 0 Å². The van der Waals surface area contributed by atoms with Gasteiger partial charge in [0.25, 0.3) is 0 Å². The van der Waals surface area contributed by atoms with Crippen LogP contribution in [-0.4, -0.2) is 4.57 Å².